The lowest BCUT2D eigenvalue weighted by atomic mass is 10.1. The number of carbonyl (C=O) groups excluding carboxylic acids is 2. The Morgan fingerprint density at radius 1 is 1.26 bits per heavy atom. The molecule has 0 unspecified atom stereocenters. The van der Waals surface area contributed by atoms with Gasteiger partial charge in [-0.25, -0.2) is 0 Å². The van der Waals surface area contributed by atoms with Crippen molar-refractivity contribution < 1.29 is 9.59 Å². The Labute approximate surface area is 137 Å². The van der Waals surface area contributed by atoms with Gasteiger partial charge in [0.1, 0.15) is 6.17 Å². The number of carbonyl (C=O) groups is 2. The molecule has 6 nitrogen and oxygen atoms in total. The third kappa shape index (κ3) is 5.63. The molecule has 6 heteroatoms. The Morgan fingerprint density at radius 2 is 2.04 bits per heavy atom. The lowest BCUT2D eigenvalue weighted by Gasteiger charge is -2.22. The third-order valence-corrected chi connectivity index (χ3v) is 4.22. The summed E-state index contributed by atoms with van der Waals surface area (Å²) in [5.41, 5.74) is 6.02. The molecule has 0 spiro atoms. The van der Waals surface area contributed by atoms with Crippen molar-refractivity contribution in [1.29, 1.82) is 0 Å². The molecular formula is C17H26N4O2. The van der Waals surface area contributed by atoms with Gasteiger partial charge in [0.25, 0.3) is 5.91 Å². The first-order chi connectivity index (χ1) is 11.2. The van der Waals surface area contributed by atoms with Crippen molar-refractivity contribution in [2.45, 2.75) is 51.1 Å². The van der Waals surface area contributed by atoms with Gasteiger partial charge in [0.05, 0.1) is 5.56 Å². The topological polar surface area (TPSA) is 97.1 Å². The van der Waals surface area contributed by atoms with E-state index in [-0.39, 0.29) is 23.9 Å². The van der Waals surface area contributed by atoms with Crippen molar-refractivity contribution in [3.8, 4) is 0 Å². The average Bonchev–Trinajstić information content (AvgIpc) is 3.10. The number of rotatable bonds is 8. The molecule has 0 radical (unpaired) electrons. The van der Waals surface area contributed by atoms with E-state index >= 15 is 0 Å². The monoisotopic (exact) mass is 318 g/mol. The zero-order valence-corrected chi connectivity index (χ0v) is 13.5. The van der Waals surface area contributed by atoms with Crippen molar-refractivity contribution >= 4 is 11.8 Å². The fourth-order valence-corrected chi connectivity index (χ4v) is 2.89. The number of nitrogens with two attached hydrogens (primary N) is 1. The second-order valence-electron chi connectivity index (χ2n) is 6.04. The zero-order valence-electron chi connectivity index (χ0n) is 13.5. The average molecular weight is 318 g/mol. The SMILES string of the molecule is NCCCC[C@@H](NC(=O)c1cccnc1)NC(=O)C1CCCC1. The second-order valence-corrected chi connectivity index (χ2v) is 6.04. The van der Waals surface area contributed by atoms with Crippen LogP contribution in [0, 0.1) is 5.92 Å². The maximum absolute atomic E-state index is 12.3. The van der Waals surface area contributed by atoms with Crippen LogP contribution in [0.1, 0.15) is 55.3 Å². The molecule has 2 rings (SSSR count). The van der Waals surface area contributed by atoms with E-state index in [0.717, 1.165) is 38.5 Å². The first-order valence-electron chi connectivity index (χ1n) is 8.42. The molecule has 1 heterocycles. The zero-order chi connectivity index (χ0) is 16.5. The molecule has 4 N–H and O–H groups in total. The van der Waals surface area contributed by atoms with Gasteiger partial charge in [-0.3, -0.25) is 14.6 Å². The molecule has 1 aliphatic carbocycles. The minimum absolute atomic E-state index is 0.0479. The Morgan fingerprint density at radius 3 is 2.70 bits per heavy atom. The van der Waals surface area contributed by atoms with Gasteiger partial charge >= 0.3 is 0 Å². The van der Waals surface area contributed by atoms with E-state index in [9.17, 15) is 9.59 Å². The molecular weight excluding hydrogens is 292 g/mol. The van der Waals surface area contributed by atoms with Crippen molar-refractivity contribution in [3.63, 3.8) is 0 Å². The van der Waals surface area contributed by atoms with Gasteiger partial charge in [-0.05, 0) is 50.8 Å². The fraction of sp³-hybridized carbons (Fsp3) is 0.588. The van der Waals surface area contributed by atoms with E-state index < -0.39 is 0 Å². The van der Waals surface area contributed by atoms with Gasteiger partial charge in [0, 0.05) is 18.3 Å². The van der Waals surface area contributed by atoms with Crippen molar-refractivity contribution in [2.24, 2.45) is 11.7 Å². The number of hydrogen-bond donors (Lipinski definition) is 3. The second kappa shape index (κ2) is 9.25. The molecule has 0 saturated heterocycles. The molecule has 126 valence electrons. The number of aromatic nitrogens is 1. The third-order valence-electron chi connectivity index (χ3n) is 4.22. The smallest absolute Gasteiger partial charge is 0.254 e. The summed E-state index contributed by atoms with van der Waals surface area (Å²) in [7, 11) is 0. The molecule has 1 atom stereocenters. The van der Waals surface area contributed by atoms with E-state index in [4.69, 9.17) is 5.73 Å². The van der Waals surface area contributed by atoms with Gasteiger partial charge in [-0.1, -0.05) is 12.8 Å². The highest BCUT2D eigenvalue weighted by Crippen LogP contribution is 2.24. The number of hydrogen-bond acceptors (Lipinski definition) is 4. The number of pyridine rings is 1. The van der Waals surface area contributed by atoms with Gasteiger partial charge in [-0.15, -0.1) is 0 Å². The van der Waals surface area contributed by atoms with Crippen LogP contribution in [-0.2, 0) is 4.79 Å². The first kappa shape index (κ1) is 17.4. The maximum Gasteiger partial charge on any atom is 0.254 e. The molecule has 1 aromatic rings. The summed E-state index contributed by atoms with van der Waals surface area (Å²) < 4.78 is 0. The number of nitrogens with one attached hydrogen (secondary N) is 2. The van der Waals surface area contributed by atoms with Crippen LogP contribution in [0.5, 0.6) is 0 Å². The quantitative estimate of drug-likeness (QED) is 0.500. The Balaban J connectivity index is 1.92. The van der Waals surface area contributed by atoms with Crippen LogP contribution in [-0.4, -0.2) is 29.5 Å². The van der Waals surface area contributed by atoms with Crippen molar-refractivity contribution in [1.82, 2.24) is 15.6 Å². The van der Waals surface area contributed by atoms with Crippen LogP contribution in [0.4, 0.5) is 0 Å². The summed E-state index contributed by atoms with van der Waals surface area (Å²) in [4.78, 5) is 28.5. The van der Waals surface area contributed by atoms with Gasteiger partial charge in [-0.2, -0.15) is 0 Å². The number of nitrogens with zero attached hydrogens (tertiary/aromatic N) is 1. The standard InChI is InChI=1S/C17H26N4O2/c18-10-4-3-9-15(20-16(22)13-6-1-2-7-13)21-17(23)14-8-5-11-19-12-14/h5,8,11-13,15H,1-4,6-7,9-10,18H2,(H,20,22)(H,21,23)/t15-/m1/s1. The van der Waals surface area contributed by atoms with Gasteiger partial charge in [0.2, 0.25) is 5.91 Å². The normalized spacial score (nSPS) is 16.0. The lowest BCUT2D eigenvalue weighted by molar-refractivity contribution is -0.125. The van der Waals surface area contributed by atoms with E-state index in [0.29, 0.717) is 18.5 Å². The highest BCUT2D eigenvalue weighted by atomic mass is 16.2. The summed E-state index contributed by atoms with van der Waals surface area (Å²) in [6.45, 7) is 0.611. The Kier molecular flexibility index (Phi) is 7.00. The summed E-state index contributed by atoms with van der Waals surface area (Å²) in [6.07, 6.45) is 9.30. The molecule has 1 saturated carbocycles. The molecule has 23 heavy (non-hydrogen) atoms. The molecule has 1 fully saturated rings. The summed E-state index contributed by atoms with van der Waals surface area (Å²) in [5.74, 6) is -0.0865. The molecule has 1 aliphatic rings. The van der Waals surface area contributed by atoms with Crippen molar-refractivity contribution in [2.75, 3.05) is 6.54 Å². The van der Waals surface area contributed by atoms with Crippen molar-refractivity contribution in [3.05, 3.63) is 30.1 Å². The molecule has 0 aliphatic heterocycles. The van der Waals surface area contributed by atoms with Gasteiger partial charge in [0.15, 0.2) is 0 Å². The fourth-order valence-electron chi connectivity index (χ4n) is 2.89. The first-order valence-corrected chi connectivity index (χ1v) is 8.42. The summed E-state index contributed by atoms with van der Waals surface area (Å²) >= 11 is 0. The van der Waals surface area contributed by atoms with Crippen LogP contribution < -0.4 is 16.4 Å². The predicted molar refractivity (Wildman–Crippen MR) is 88.5 cm³/mol. The largest absolute Gasteiger partial charge is 0.336 e. The maximum atomic E-state index is 12.3. The van der Waals surface area contributed by atoms with E-state index in [2.05, 4.69) is 15.6 Å². The molecule has 2 amide bonds. The van der Waals surface area contributed by atoms with E-state index in [1.807, 2.05) is 0 Å². The molecule has 0 aromatic carbocycles. The van der Waals surface area contributed by atoms with E-state index in [1.165, 1.54) is 6.20 Å². The predicted octanol–water partition coefficient (Wildman–Crippen LogP) is 1.57. The summed E-state index contributed by atoms with van der Waals surface area (Å²) in [5, 5.41) is 5.88. The van der Waals surface area contributed by atoms with Crippen LogP contribution in [0.3, 0.4) is 0 Å². The Hall–Kier alpha value is -1.95. The minimum Gasteiger partial charge on any atom is -0.336 e. The lowest BCUT2D eigenvalue weighted by Crippen LogP contribution is -2.49. The van der Waals surface area contributed by atoms with Crippen LogP contribution in [0.25, 0.3) is 0 Å². The number of amides is 2. The van der Waals surface area contributed by atoms with Gasteiger partial charge < -0.3 is 16.4 Å². The highest BCUT2D eigenvalue weighted by molar-refractivity contribution is 5.94. The van der Waals surface area contributed by atoms with Crippen LogP contribution in [0.15, 0.2) is 24.5 Å². The van der Waals surface area contributed by atoms with E-state index in [1.54, 1.807) is 18.3 Å². The molecule has 1 aromatic heterocycles. The van der Waals surface area contributed by atoms with Crippen LogP contribution in [0.2, 0.25) is 0 Å². The Bertz CT molecular complexity index is 501. The highest BCUT2D eigenvalue weighted by Gasteiger charge is 2.25. The minimum atomic E-state index is -0.359. The number of unbranched alkanes of at least 4 members (excludes halogenated alkanes) is 1. The summed E-state index contributed by atoms with van der Waals surface area (Å²) in [6, 6.07) is 3.42. The van der Waals surface area contributed by atoms with Crippen LogP contribution >= 0.6 is 0 Å². The molecule has 0 bridgehead atoms.